The van der Waals surface area contributed by atoms with Crippen LogP contribution in [0.25, 0.3) is 0 Å². The van der Waals surface area contributed by atoms with Crippen LogP contribution in [-0.4, -0.2) is 18.0 Å². The number of ether oxygens (including phenoxy) is 1. The molecule has 0 aliphatic carbocycles. The maximum atomic E-state index is 12.7. The summed E-state index contributed by atoms with van der Waals surface area (Å²) in [6.07, 6.45) is -0.0729. The highest BCUT2D eigenvalue weighted by atomic mass is 79.9. The molecule has 106 valence electrons. The van der Waals surface area contributed by atoms with Crippen LogP contribution in [0.2, 0.25) is 0 Å². The van der Waals surface area contributed by atoms with Crippen molar-refractivity contribution in [3.63, 3.8) is 0 Å². The number of carbonyl (C=O) groups is 1. The van der Waals surface area contributed by atoms with Crippen LogP contribution in [0.5, 0.6) is 0 Å². The highest BCUT2D eigenvalue weighted by Crippen LogP contribution is 2.36. The Kier molecular flexibility index (Phi) is 4.62. The Hall–Kier alpha value is -1.18. The maximum Gasteiger partial charge on any atom is 0.160 e. The lowest BCUT2D eigenvalue weighted by Crippen LogP contribution is -2.30. The van der Waals surface area contributed by atoms with Gasteiger partial charge in [0.1, 0.15) is 5.92 Å². The second kappa shape index (κ2) is 6.07. The van der Waals surface area contributed by atoms with Crippen molar-refractivity contribution < 1.29 is 9.53 Å². The van der Waals surface area contributed by atoms with Gasteiger partial charge in [0.2, 0.25) is 0 Å². The molecule has 0 N–H and O–H groups in total. The number of ketones is 1. The SMILES string of the molecule is CC1OC(C)C(C(=O)C(C#N)c2cccc(Br)c2)C1C. The highest BCUT2D eigenvalue weighted by molar-refractivity contribution is 9.10. The van der Waals surface area contributed by atoms with Crippen LogP contribution in [0.3, 0.4) is 0 Å². The lowest BCUT2D eigenvalue weighted by molar-refractivity contribution is -0.125. The summed E-state index contributed by atoms with van der Waals surface area (Å²) in [7, 11) is 0. The zero-order chi connectivity index (χ0) is 14.9. The van der Waals surface area contributed by atoms with E-state index in [4.69, 9.17) is 4.74 Å². The number of benzene rings is 1. The average Bonchev–Trinajstić information content (AvgIpc) is 2.64. The molecule has 5 atom stereocenters. The maximum absolute atomic E-state index is 12.7. The third-order valence-electron chi connectivity index (χ3n) is 4.17. The first-order valence-electron chi connectivity index (χ1n) is 6.80. The van der Waals surface area contributed by atoms with E-state index in [2.05, 4.69) is 22.0 Å². The van der Waals surface area contributed by atoms with Gasteiger partial charge in [-0.15, -0.1) is 0 Å². The molecule has 1 aromatic rings. The molecule has 0 radical (unpaired) electrons. The van der Waals surface area contributed by atoms with Crippen molar-refractivity contribution in [2.24, 2.45) is 11.8 Å². The number of hydrogen-bond acceptors (Lipinski definition) is 3. The van der Waals surface area contributed by atoms with Gasteiger partial charge in [-0.1, -0.05) is 35.0 Å². The van der Waals surface area contributed by atoms with Gasteiger partial charge in [-0.25, -0.2) is 0 Å². The van der Waals surface area contributed by atoms with Crippen molar-refractivity contribution in [1.82, 2.24) is 0 Å². The number of hydrogen-bond donors (Lipinski definition) is 0. The summed E-state index contributed by atoms with van der Waals surface area (Å²) in [5.41, 5.74) is 0.742. The molecule has 1 fully saturated rings. The normalized spacial score (nSPS) is 30.8. The fourth-order valence-electron chi connectivity index (χ4n) is 2.94. The van der Waals surface area contributed by atoms with E-state index in [-0.39, 0.29) is 29.8 Å². The summed E-state index contributed by atoms with van der Waals surface area (Å²) in [6.45, 7) is 5.92. The topological polar surface area (TPSA) is 50.1 Å². The Balaban J connectivity index is 2.29. The van der Waals surface area contributed by atoms with Crippen LogP contribution >= 0.6 is 15.9 Å². The summed E-state index contributed by atoms with van der Waals surface area (Å²) in [5.74, 6) is -0.833. The van der Waals surface area contributed by atoms with Gasteiger partial charge in [-0.2, -0.15) is 5.26 Å². The van der Waals surface area contributed by atoms with Crippen molar-refractivity contribution in [3.05, 3.63) is 34.3 Å². The molecule has 0 bridgehead atoms. The molecule has 0 aromatic heterocycles. The van der Waals surface area contributed by atoms with E-state index in [1.54, 1.807) is 0 Å². The second-order valence-electron chi connectivity index (χ2n) is 5.45. The van der Waals surface area contributed by atoms with Crippen molar-refractivity contribution in [1.29, 1.82) is 5.26 Å². The van der Waals surface area contributed by atoms with Crippen LogP contribution in [-0.2, 0) is 9.53 Å². The average molecular weight is 336 g/mol. The van der Waals surface area contributed by atoms with Crippen molar-refractivity contribution >= 4 is 21.7 Å². The molecule has 1 aliphatic heterocycles. The van der Waals surface area contributed by atoms with Crippen molar-refractivity contribution in [3.8, 4) is 6.07 Å². The standard InChI is InChI=1S/C16H18BrNO2/c1-9-10(2)20-11(3)15(9)16(19)14(8-18)12-5-4-6-13(17)7-12/h4-7,9-11,14-15H,1-3H3. The van der Waals surface area contributed by atoms with Crippen LogP contribution in [0.15, 0.2) is 28.7 Å². The Morgan fingerprint density at radius 3 is 2.55 bits per heavy atom. The number of nitriles is 1. The number of Topliss-reactive ketones (excluding diaryl/α,β-unsaturated/α-hetero) is 1. The molecule has 1 heterocycles. The predicted octanol–water partition coefficient (Wildman–Crippen LogP) is 3.68. The summed E-state index contributed by atoms with van der Waals surface area (Å²) in [6, 6.07) is 9.54. The van der Waals surface area contributed by atoms with E-state index in [9.17, 15) is 10.1 Å². The monoisotopic (exact) mass is 335 g/mol. The van der Waals surface area contributed by atoms with Crippen LogP contribution < -0.4 is 0 Å². The van der Waals surface area contributed by atoms with Gasteiger partial charge in [-0.05, 0) is 37.5 Å². The summed E-state index contributed by atoms with van der Waals surface area (Å²) in [5, 5.41) is 9.41. The summed E-state index contributed by atoms with van der Waals surface area (Å²) < 4.78 is 6.60. The van der Waals surface area contributed by atoms with E-state index < -0.39 is 5.92 Å². The molecule has 4 heteroatoms. The van der Waals surface area contributed by atoms with Gasteiger partial charge >= 0.3 is 0 Å². The van der Waals surface area contributed by atoms with Gasteiger partial charge in [0.05, 0.1) is 24.2 Å². The van der Waals surface area contributed by atoms with Gasteiger partial charge < -0.3 is 4.74 Å². The number of rotatable bonds is 3. The van der Waals surface area contributed by atoms with Crippen molar-refractivity contribution in [2.45, 2.75) is 38.9 Å². The lowest BCUT2D eigenvalue weighted by Gasteiger charge is -2.20. The fourth-order valence-corrected chi connectivity index (χ4v) is 3.36. The molecule has 1 saturated heterocycles. The minimum Gasteiger partial charge on any atom is -0.375 e. The Morgan fingerprint density at radius 2 is 2.05 bits per heavy atom. The van der Waals surface area contributed by atoms with Gasteiger partial charge in [-0.3, -0.25) is 4.79 Å². The molecule has 1 aliphatic rings. The molecule has 5 unspecified atom stereocenters. The minimum atomic E-state index is -0.726. The Morgan fingerprint density at radius 1 is 1.35 bits per heavy atom. The molecule has 20 heavy (non-hydrogen) atoms. The van der Waals surface area contributed by atoms with Gasteiger partial charge in [0, 0.05) is 4.47 Å². The number of halogens is 1. The molecule has 2 rings (SSSR count). The smallest absolute Gasteiger partial charge is 0.160 e. The molecular weight excluding hydrogens is 318 g/mol. The molecule has 0 amide bonds. The second-order valence-corrected chi connectivity index (χ2v) is 6.37. The van der Waals surface area contributed by atoms with E-state index in [1.165, 1.54) is 0 Å². The molecular formula is C16H18BrNO2. The van der Waals surface area contributed by atoms with E-state index in [1.807, 2.05) is 45.0 Å². The van der Waals surface area contributed by atoms with E-state index >= 15 is 0 Å². The van der Waals surface area contributed by atoms with E-state index in [0.29, 0.717) is 0 Å². The first kappa shape index (κ1) is 15.2. The zero-order valence-electron chi connectivity index (χ0n) is 11.8. The molecule has 1 aromatic carbocycles. The van der Waals surface area contributed by atoms with Crippen LogP contribution in [0.1, 0.15) is 32.3 Å². The fraction of sp³-hybridized carbons (Fsp3) is 0.500. The quantitative estimate of drug-likeness (QED) is 0.846. The number of nitrogens with zero attached hydrogens (tertiary/aromatic N) is 1. The van der Waals surface area contributed by atoms with Gasteiger partial charge in [0.25, 0.3) is 0 Å². The Bertz CT molecular complexity index is 552. The summed E-state index contributed by atoms with van der Waals surface area (Å²) in [4.78, 5) is 12.7. The molecule has 0 saturated carbocycles. The molecule has 0 spiro atoms. The lowest BCUT2D eigenvalue weighted by atomic mass is 9.79. The van der Waals surface area contributed by atoms with Crippen molar-refractivity contribution in [2.75, 3.05) is 0 Å². The van der Waals surface area contributed by atoms with Gasteiger partial charge in [0.15, 0.2) is 5.78 Å². The van der Waals surface area contributed by atoms with Crippen LogP contribution in [0, 0.1) is 23.2 Å². The third kappa shape index (κ3) is 2.79. The Labute approximate surface area is 128 Å². The minimum absolute atomic E-state index is 0.0325. The first-order valence-corrected chi connectivity index (χ1v) is 7.59. The third-order valence-corrected chi connectivity index (χ3v) is 4.66. The number of carbonyl (C=O) groups excluding carboxylic acids is 1. The first-order chi connectivity index (χ1) is 9.45. The van der Waals surface area contributed by atoms with E-state index in [0.717, 1.165) is 10.0 Å². The molecule has 3 nitrogen and oxygen atoms in total. The summed E-state index contributed by atoms with van der Waals surface area (Å²) >= 11 is 3.38. The largest absolute Gasteiger partial charge is 0.375 e. The van der Waals surface area contributed by atoms with Crippen LogP contribution in [0.4, 0.5) is 0 Å². The predicted molar refractivity (Wildman–Crippen MR) is 80.2 cm³/mol. The zero-order valence-corrected chi connectivity index (χ0v) is 13.4. The highest BCUT2D eigenvalue weighted by Gasteiger charge is 2.44.